The van der Waals surface area contributed by atoms with Crippen molar-refractivity contribution in [2.24, 2.45) is 17.6 Å². The van der Waals surface area contributed by atoms with Crippen molar-refractivity contribution in [2.45, 2.75) is 25.7 Å². The number of ether oxygens (including phenoxy) is 1. The average Bonchev–Trinajstić information content (AvgIpc) is 2.96. The van der Waals surface area contributed by atoms with E-state index in [4.69, 9.17) is 10.5 Å². The first-order chi connectivity index (χ1) is 9.76. The molecule has 1 aliphatic carbocycles. The minimum atomic E-state index is 0.109. The van der Waals surface area contributed by atoms with Crippen LogP contribution in [0.1, 0.15) is 24.8 Å². The molecule has 0 aromatic heterocycles. The molecule has 110 valence electrons. The van der Waals surface area contributed by atoms with Crippen molar-refractivity contribution in [2.75, 3.05) is 20.2 Å². The molecular weight excluding hydrogens is 252 g/mol. The van der Waals surface area contributed by atoms with Gasteiger partial charge in [0.2, 0.25) is 5.91 Å². The van der Waals surface area contributed by atoms with E-state index in [0.29, 0.717) is 19.0 Å². The minimum absolute atomic E-state index is 0.109. The zero-order valence-electron chi connectivity index (χ0n) is 12.1. The molecule has 1 aromatic rings. The molecule has 1 aromatic carbocycles. The fourth-order valence-corrected chi connectivity index (χ4v) is 3.03. The SMILES string of the molecule is COc1ccccc1CCNC(=O)C1CCCC1CN. The van der Waals surface area contributed by atoms with Crippen molar-refractivity contribution in [1.82, 2.24) is 5.32 Å². The van der Waals surface area contributed by atoms with Gasteiger partial charge in [-0.1, -0.05) is 24.6 Å². The highest BCUT2D eigenvalue weighted by Crippen LogP contribution is 2.30. The Morgan fingerprint density at radius 1 is 1.40 bits per heavy atom. The molecule has 2 atom stereocenters. The summed E-state index contributed by atoms with van der Waals surface area (Å²) in [6.07, 6.45) is 3.96. The smallest absolute Gasteiger partial charge is 0.223 e. The lowest BCUT2D eigenvalue weighted by atomic mass is 9.95. The predicted molar refractivity (Wildman–Crippen MR) is 79.6 cm³/mol. The monoisotopic (exact) mass is 276 g/mol. The maximum Gasteiger partial charge on any atom is 0.223 e. The van der Waals surface area contributed by atoms with E-state index in [1.54, 1.807) is 7.11 Å². The molecule has 2 rings (SSSR count). The second-order valence-corrected chi connectivity index (χ2v) is 5.39. The van der Waals surface area contributed by atoms with Gasteiger partial charge in [-0.15, -0.1) is 0 Å². The van der Waals surface area contributed by atoms with Crippen molar-refractivity contribution in [1.29, 1.82) is 0 Å². The zero-order valence-corrected chi connectivity index (χ0v) is 12.1. The largest absolute Gasteiger partial charge is 0.496 e. The topological polar surface area (TPSA) is 64.3 Å². The van der Waals surface area contributed by atoms with E-state index in [-0.39, 0.29) is 11.8 Å². The number of carbonyl (C=O) groups excluding carboxylic acids is 1. The molecule has 3 N–H and O–H groups in total. The molecule has 0 bridgehead atoms. The van der Waals surface area contributed by atoms with Crippen LogP contribution in [0.3, 0.4) is 0 Å². The van der Waals surface area contributed by atoms with E-state index in [9.17, 15) is 4.79 Å². The first-order valence-corrected chi connectivity index (χ1v) is 7.36. The molecule has 0 heterocycles. The van der Waals surface area contributed by atoms with Crippen LogP contribution in [0.25, 0.3) is 0 Å². The summed E-state index contributed by atoms with van der Waals surface area (Å²) >= 11 is 0. The van der Waals surface area contributed by atoms with Gasteiger partial charge >= 0.3 is 0 Å². The number of para-hydroxylation sites is 1. The molecule has 2 unspecified atom stereocenters. The minimum Gasteiger partial charge on any atom is -0.496 e. The molecule has 1 amide bonds. The molecule has 0 radical (unpaired) electrons. The van der Waals surface area contributed by atoms with Crippen molar-refractivity contribution < 1.29 is 9.53 Å². The Kier molecular flexibility index (Phi) is 5.41. The van der Waals surface area contributed by atoms with Gasteiger partial charge in [0.05, 0.1) is 7.11 Å². The van der Waals surface area contributed by atoms with E-state index in [1.165, 1.54) is 0 Å². The third-order valence-electron chi connectivity index (χ3n) is 4.18. The summed E-state index contributed by atoms with van der Waals surface area (Å²) in [5.41, 5.74) is 6.85. The number of rotatable bonds is 6. The fourth-order valence-electron chi connectivity index (χ4n) is 3.03. The van der Waals surface area contributed by atoms with Crippen LogP contribution in [0.4, 0.5) is 0 Å². The van der Waals surface area contributed by atoms with Crippen molar-refractivity contribution in [3.8, 4) is 5.75 Å². The Balaban J connectivity index is 1.82. The summed E-state index contributed by atoms with van der Waals surface area (Å²) in [5.74, 6) is 1.51. The van der Waals surface area contributed by atoms with Crippen LogP contribution in [0, 0.1) is 11.8 Å². The Morgan fingerprint density at radius 2 is 2.20 bits per heavy atom. The lowest BCUT2D eigenvalue weighted by Gasteiger charge is -2.17. The Morgan fingerprint density at radius 3 is 2.95 bits per heavy atom. The molecule has 1 fully saturated rings. The second kappa shape index (κ2) is 7.29. The Hall–Kier alpha value is -1.55. The van der Waals surface area contributed by atoms with E-state index in [2.05, 4.69) is 5.32 Å². The van der Waals surface area contributed by atoms with E-state index in [1.807, 2.05) is 24.3 Å². The number of methoxy groups -OCH3 is 1. The van der Waals surface area contributed by atoms with Gasteiger partial charge in [0.1, 0.15) is 5.75 Å². The molecule has 4 heteroatoms. The van der Waals surface area contributed by atoms with Gasteiger partial charge in [0, 0.05) is 12.5 Å². The summed E-state index contributed by atoms with van der Waals surface area (Å²) in [5, 5.41) is 3.04. The number of nitrogens with two attached hydrogens (primary N) is 1. The van der Waals surface area contributed by atoms with Gasteiger partial charge in [-0.2, -0.15) is 0 Å². The van der Waals surface area contributed by atoms with Gasteiger partial charge in [0.15, 0.2) is 0 Å². The Bertz CT molecular complexity index is 448. The Labute approximate surface area is 120 Å². The fraction of sp³-hybridized carbons (Fsp3) is 0.562. The molecule has 0 aliphatic heterocycles. The molecule has 0 saturated heterocycles. The van der Waals surface area contributed by atoms with Crippen LogP contribution in [-0.2, 0) is 11.2 Å². The van der Waals surface area contributed by atoms with Crippen molar-refractivity contribution in [3.05, 3.63) is 29.8 Å². The lowest BCUT2D eigenvalue weighted by Crippen LogP contribution is -2.36. The number of amides is 1. The highest BCUT2D eigenvalue weighted by Gasteiger charge is 2.31. The van der Waals surface area contributed by atoms with Gasteiger partial charge in [-0.25, -0.2) is 0 Å². The average molecular weight is 276 g/mol. The van der Waals surface area contributed by atoms with Crippen molar-refractivity contribution in [3.63, 3.8) is 0 Å². The van der Waals surface area contributed by atoms with Crippen LogP contribution in [0.15, 0.2) is 24.3 Å². The first-order valence-electron chi connectivity index (χ1n) is 7.36. The number of hydrogen-bond donors (Lipinski definition) is 2. The first kappa shape index (κ1) is 14.9. The molecule has 1 saturated carbocycles. The highest BCUT2D eigenvalue weighted by atomic mass is 16.5. The molecular formula is C16H24N2O2. The van der Waals surface area contributed by atoms with Gasteiger partial charge in [-0.3, -0.25) is 4.79 Å². The number of carbonyl (C=O) groups is 1. The summed E-state index contributed by atoms with van der Waals surface area (Å²) < 4.78 is 5.31. The summed E-state index contributed by atoms with van der Waals surface area (Å²) in [6, 6.07) is 7.91. The predicted octanol–water partition coefficient (Wildman–Crippen LogP) is 1.73. The number of nitrogens with one attached hydrogen (secondary N) is 1. The molecule has 4 nitrogen and oxygen atoms in total. The van der Waals surface area contributed by atoms with Crippen LogP contribution >= 0.6 is 0 Å². The maximum absolute atomic E-state index is 12.2. The second-order valence-electron chi connectivity index (χ2n) is 5.39. The van der Waals surface area contributed by atoms with Crippen molar-refractivity contribution >= 4 is 5.91 Å². The number of benzene rings is 1. The normalized spacial score (nSPS) is 21.7. The van der Waals surface area contributed by atoms with E-state index in [0.717, 1.165) is 37.0 Å². The van der Waals surface area contributed by atoms with Gasteiger partial charge in [-0.05, 0) is 43.4 Å². The summed E-state index contributed by atoms with van der Waals surface area (Å²) in [4.78, 5) is 12.2. The summed E-state index contributed by atoms with van der Waals surface area (Å²) in [6.45, 7) is 1.26. The van der Waals surface area contributed by atoms with E-state index >= 15 is 0 Å². The highest BCUT2D eigenvalue weighted by molar-refractivity contribution is 5.79. The molecule has 1 aliphatic rings. The van der Waals surface area contributed by atoms with Crippen LogP contribution in [0.2, 0.25) is 0 Å². The van der Waals surface area contributed by atoms with Crippen LogP contribution in [-0.4, -0.2) is 26.1 Å². The maximum atomic E-state index is 12.2. The van der Waals surface area contributed by atoms with Crippen LogP contribution < -0.4 is 15.8 Å². The number of hydrogen-bond acceptors (Lipinski definition) is 3. The zero-order chi connectivity index (χ0) is 14.4. The van der Waals surface area contributed by atoms with Crippen LogP contribution in [0.5, 0.6) is 5.75 Å². The lowest BCUT2D eigenvalue weighted by molar-refractivity contribution is -0.125. The van der Waals surface area contributed by atoms with Gasteiger partial charge in [0.25, 0.3) is 0 Å². The summed E-state index contributed by atoms with van der Waals surface area (Å²) in [7, 11) is 1.67. The molecule has 20 heavy (non-hydrogen) atoms. The van der Waals surface area contributed by atoms with Gasteiger partial charge < -0.3 is 15.8 Å². The third-order valence-corrected chi connectivity index (χ3v) is 4.18. The third kappa shape index (κ3) is 3.51. The van der Waals surface area contributed by atoms with E-state index < -0.39 is 0 Å². The molecule has 0 spiro atoms. The quantitative estimate of drug-likeness (QED) is 0.831. The standard InChI is InChI=1S/C16H24N2O2/c1-20-15-8-3-2-5-12(15)9-10-18-16(19)14-7-4-6-13(14)11-17/h2-3,5,8,13-14H,4,6-7,9-11,17H2,1H3,(H,18,19).